The Bertz CT molecular complexity index is 456. The van der Waals surface area contributed by atoms with Gasteiger partial charge < -0.3 is 5.32 Å². The molecule has 0 unspecified atom stereocenters. The van der Waals surface area contributed by atoms with Gasteiger partial charge in [-0.25, -0.2) is 8.78 Å². The van der Waals surface area contributed by atoms with Crippen molar-refractivity contribution in [2.24, 2.45) is 0 Å². The maximum absolute atomic E-state index is 13.3. The molecule has 1 aromatic rings. The SMILES string of the molecule is C#CCNC(=O)[C@H](C)Sc1cc(F)ccc1F. The number of hydrogen-bond donors (Lipinski definition) is 1. The lowest BCUT2D eigenvalue weighted by molar-refractivity contribution is -0.120. The quantitative estimate of drug-likeness (QED) is 0.660. The van der Waals surface area contributed by atoms with E-state index in [1.807, 2.05) is 0 Å². The van der Waals surface area contributed by atoms with E-state index in [-0.39, 0.29) is 17.3 Å². The molecule has 17 heavy (non-hydrogen) atoms. The van der Waals surface area contributed by atoms with Gasteiger partial charge in [0, 0.05) is 4.90 Å². The molecule has 0 saturated heterocycles. The van der Waals surface area contributed by atoms with Crippen LogP contribution in [0.1, 0.15) is 6.92 Å². The largest absolute Gasteiger partial charge is 0.344 e. The first-order valence-electron chi connectivity index (χ1n) is 4.87. The number of thioether (sulfide) groups is 1. The van der Waals surface area contributed by atoms with Crippen LogP contribution in [-0.4, -0.2) is 17.7 Å². The Labute approximate surface area is 103 Å². The second-order valence-electron chi connectivity index (χ2n) is 3.26. The summed E-state index contributed by atoms with van der Waals surface area (Å²) in [5.41, 5.74) is 0. The molecule has 5 heteroatoms. The molecule has 0 bridgehead atoms. The van der Waals surface area contributed by atoms with Crippen molar-refractivity contribution in [1.29, 1.82) is 0 Å². The third-order valence-electron chi connectivity index (χ3n) is 1.93. The molecule has 0 spiro atoms. The average molecular weight is 255 g/mol. The number of terminal acetylenes is 1. The van der Waals surface area contributed by atoms with Crippen molar-refractivity contribution in [3.8, 4) is 12.3 Å². The number of amides is 1. The fourth-order valence-electron chi connectivity index (χ4n) is 1.09. The monoisotopic (exact) mass is 255 g/mol. The number of hydrogen-bond acceptors (Lipinski definition) is 2. The summed E-state index contributed by atoms with van der Waals surface area (Å²) in [6.45, 7) is 1.72. The van der Waals surface area contributed by atoms with Crippen LogP contribution in [0.4, 0.5) is 8.78 Å². The van der Waals surface area contributed by atoms with Gasteiger partial charge in [-0.3, -0.25) is 4.79 Å². The topological polar surface area (TPSA) is 29.1 Å². The molecule has 0 aromatic heterocycles. The zero-order chi connectivity index (χ0) is 12.8. The Kier molecular flexibility index (Phi) is 4.98. The normalized spacial score (nSPS) is 11.6. The van der Waals surface area contributed by atoms with Gasteiger partial charge in [-0.1, -0.05) is 5.92 Å². The predicted octanol–water partition coefficient (Wildman–Crippen LogP) is 2.19. The highest BCUT2D eigenvalue weighted by Crippen LogP contribution is 2.26. The smallest absolute Gasteiger partial charge is 0.233 e. The van der Waals surface area contributed by atoms with Gasteiger partial charge in [0.05, 0.1) is 11.8 Å². The Morgan fingerprint density at radius 2 is 2.29 bits per heavy atom. The van der Waals surface area contributed by atoms with E-state index in [0.717, 1.165) is 30.0 Å². The highest BCUT2D eigenvalue weighted by atomic mass is 32.2. The van der Waals surface area contributed by atoms with Gasteiger partial charge in [-0.2, -0.15) is 0 Å². The zero-order valence-corrected chi connectivity index (χ0v) is 9.98. The maximum Gasteiger partial charge on any atom is 0.233 e. The van der Waals surface area contributed by atoms with Crippen molar-refractivity contribution >= 4 is 17.7 Å². The second-order valence-corrected chi connectivity index (χ2v) is 4.64. The van der Waals surface area contributed by atoms with Crippen LogP contribution in [0.2, 0.25) is 0 Å². The molecule has 0 heterocycles. The minimum absolute atomic E-state index is 0.105. The van der Waals surface area contributed by atoms with Crippen molar-refractivity contribution < 1.29 is 13.6 Å². The minimum Gasteiger partial charge on any atom is -0.344 e. The molecule has 0 fully saturated rings. The first-order valence-corrected chi connectivity index (χ1v) is 5.75. The molecule has 1 amide bonds. The van der Waals surface area contributed by atoms with E-state index in [4.69, 9.17) is 6.42 Å². The number of carbonyl (C=O) groups is 1. The summed E-state index contributed by atoms with van der Waals surface area (Å²) < 4.78 is 26.2. The van der Waals surface area contributed by atoms with Gasteiger partial charge in [0.2, 0.25) is 5.91 Å². The number of nitrogens with one attached hydrogen (secondary N) is 1. The van der Waals surface area contributed by atoms with Crippen LogP contribution in [0.3, 0.4) is 0 Å². The van der Waals surface area contributed by atoms with Crippen LogP contribution in [0, 0.1) is 24.0 Å². The Morgan fingerprint density at radius 1 is 1.59 bits per heavy atom. The first-order chi connectivity index (χ1) is 8.04. The summed E-state index contributed by atoms with van der Waals surface area (Å²) in [5, 5.41) is 1.93. The van der Waals surface area contributed by atoms with Gasteiger partial charge in [-0.05, 0) is 25.1 Å². The summed E-state index contributed by atoms with van der Waals surface area (Å²) >= 11 is 0.947. The molecule has 0 saturated carbocycles. The first kappa shape index (κ1) is 13.5. The number of rotatable bonds is 4. The van der Waals surface area contributed by atoms with E-state index in [1.54, 1.807) is 6.92 Å². The van der Waals surface area contributed by atoms with Crippen LogP contribution in [0.15, 0.2) is 23.1 Å². The van der Waals surface area contributed by atoms with E-state index in [0.29, 0.717) is 0 Å². The Balaban J connectivity index is 2.67. The van der Waals surface area contributed by atoms with E-state index >= 15 is 0 Å². The van der Waals surface area contributed by atoms with Gasteiger partial charge in [0.1, 0.15) is 11.6 Å². The van der Waals surface area contributed by atoms with E-state index < -0.39 is 16.9 Å². The summed E-state index contributed by atoms with van der Waals surface area (Å²) in [4.78, 5) is 11.6. The molecule has 0 aliphatic carbocycles. The molecule has 1 atom stereocenters. The molecule has 0 aliphatic rings. The molecule has 1 aromatic carbocycles. The zero-order valence-electron chi connectivity index (χ0n) is 9.17. The maximum atomic E-state index is 13.3. The standard InChI is InChI=1S/C12H11F2NOS/c1-3-6-15-12(16)8(2)17-11-7-9(13)4-5-10(11)14/h1,4-5,7-8H,6H2,2H3,(H,15,16)/t8-/m0/s1. The lowest BCUT2D eigenvalue weighted by Crippen LogP contribution is -2.31. The number of carbonyl (C=O) groups excluding carboxylic acids is 1. The minimum atomic E-state index is -0.548. The summed E-state index contributed by atoms with van der Waals surface area (Å²) in [6.07, 6.45) is 4.99. The second kappa shape index (κ2) is 6.26. The van der Waals surface area contributed by atoms with Crippen molar-refractivity contribution in [3.05, 3.63) is 29.8 Å². The summed E-state index contributed by atoms with van der Waals surface area (Å²) in [7, 11) is 0. The van der Waals surface area contributed by atoms with Crippen LogP contribution in [-0.2, 0) is 4.79 Å². The van der Waals surface area contributed by atoms with Crippen LogP contribution < -0.4 is 5.32 Å². The Hall–Kier alpha value is -1.54. The van der Waals surface area contributed by atoms with Crippen molar-refractivity contribution in [1.82, 2.24) is 5.32 Å². The summed E-state index contributed by atoms with van der Waals surface area (Å²) in [5.74, 6) is 0.869. The molecule has 2 nitrogen and oxygen atoms in total. The third kappa shape index (κ3) is 4.08. The predicted molar refractivity (Wildman–Crippen MR) is 63.5 cm³/mol. The molecule has 1 N–H and O–H groups in total. The van der Waals surface area contributed by atoms with Gasteiger partial charge in [0.25, 0.3) is 0 Å². The van der Waals surface area contributed by atoms with Crippen molar-refractivity contribution in [2.45, 2.75) is 17.1 Å². The molecular formula is C12H11F2NOS. The van der Waals surface area contributed by atoms with Gasteiger partial charge in [0.15, 0.2) is 0 Å². The average Bonchev–Trinajstić information content (AvgIpc) is 2.30. The fraction of sp³-hybridized carbons (Fsp3) is 0.250. The molecule has 90 valence electrons. The number of benzene rings is 1. The molecule has 0 aliphatic heterocycles. The molecular weight excluding hydrogens is 244 g/mol. The lowest BCUT2D eigenvalue weighted by Gasteiger charge is -2.11. The lowest BCUT2D eigenvalue weighted by atomic mass is 10.3. The van der Waals surface area contributed by atoms with Gasteiger partial charge in [-0.15, -0.1) is 18.2 Å². The van der Waals surface area contributed by atoms with Crippen LogP contribution in [0.25, 0.3) is 0 Å². The number of halogens is 2. The third-order valence-corrected chi connectivity index (χ3v) is 3.07. The highest BCUT2D eigenvalue weighted by molar-refractivity contribution is 8.00. The molecule has 1 rings (SSSR count). The Morgan fingerprint density at radius 3 is 2.94 bits per heavy atom. The van der Waals surface area contributed by atoms with Crippen LogP contribution >= 0.6 is 11.8 Å². The van der Waals surface area contributed by atoms with E-state index in [9.17, 15) is 13.6 Å². The van der Waals surface area contributed by atoms with E-state index in [1.165, 1.54) is 0 Å². The molecule has 0 radical (unpaired) electrons. The van der Waals surface area contributed by atoms with Crippen molar-refractivity contribution in [2.75, 3.05) is 6.54 Å². The van der Waals surface area contributed by atoms with Crippen molar-refractivity contribution in [3.63, 3.8) is 0 Å². The van der Waals surface area contributed by atoms with Crippen LogP contribution in [0.5, 0.6) is 0 Å². The van der Waals surface area contributed by atoms with Gasteiger partial charge >= 0.3 is 0 Å². The highest BCUT2D eigenvalue weighted by Gasteiger charge is 2.16. The fourth-order valence-corrected chi connectivity index (χ4v) is 2.03. The van der Waals surface area contributed by atoms with E-state index in [2.05, 4.69) is 11.2 Å². The summed E-state index contributed by atoms with van der Waals surface area (Å²) in [6, 6.07) is 3.12.